The molecule has 0 spiro atoms. The topological polar surface area (TPSA) is 75.4 Å². The largest absolute Gasteiger partial charge is 0.396 e. The van der Waals surface area contributed by atoms with E-state index in [0.717, 1.165) is 0 Å². The minimum Gasteiger partial charge on any atom is -0.396 e. The van der Waals surface area contributed by atoms with Crippen LogP contribution in [-0.4, -0.2) is 30.2 Å². The molecule has 0 aromatic heterocycles. The fourth-order valence-electron chi connectivity index (χ4n) is 0.948. The van der Waals surface area contributed by atoms with Crippen LogP contribution >= 0.6 is 0 Å². The van der Waals surface area contributed by atoms with E-state index in [1.54, 1.807) is 0 Å². The molecular formula is C10H18N2O2. The average Bonchev–Trinajstić information content (AvgIpc) is 2.15. The molecule has 2 unspecified atom stereocenters. The number of aliphatic hydroxyl groups excluding tert-OH is 1. The second kappa shape index (κ2) is 7.36. The van der Waals surface area contributed by atoms with Crippen LogP contribution in [0.5, 0.6) is 0 Å². The van der Waals surface area contributed by atoms with Crippen molar-refractivity contribution in [2.45, 2.75) is 25.8 Å². The Hall–Kier alpha value is -1.05. The Bertz CT molecular complexity index is 211. The normalized spacial score (nSPS) is 14.1. The van der Waals surface area contributed by atoms with E-state index >= 15 is 0 Å². The standard InChI is InChI=1S/C10H18N2O2/c1-3-4-9(11)10(14)12-7-8(2)5-6-13/h1,8-9,13H,4-7,11H2,2H3,(H,12,14). The number of hydrogen-bond donors (Lipinski definition) is 3. The van der Waals surface area contributed by atoms with Gasteiger partial charge in [0.2, 0.25) is 5.91 Å². The van der Waals surface area contributed by atoms with Crippen LogP contribution in [0, 0.1) is 18.3 Å². The zero-order valence-electron chi connectivity index (χ0n) is 8.49. The van der Waals surface area contributed by atoms with Crippen molar-refractivity contribution in [3.63, 3.8) is 0 Å². The van der Waals surface area contributed by atoms with Gasteiger partial charge in [-0.15, -0.1) is 12.3 Å². The number of amides is 1. The van der Waals surface area contributed by atoms with Crippen LogP contribution in [0.15, 0.2) is 0 Å². The van der Waals surface area contributed by atoms with E-state index in [-0.39, 0.29) is 24.9 Å². The quantitative estimate of drug-likeness (QED) is 0.502. The Morgan fingerprint density at radius 2 is 2.36 bits per heavy atom. The van der Waals surface area contributed by atoms with Crippen LogP contribution in [0.3, 0.4) is 0 Å². The molecule has 0 fully saturated rings. The lowest BCUT2D eigenvalue weighted by molar-refractivity contribution is -0.122. The number of aliphatic hydroxyl groups is 1. The number of nitrogens with one attached hydrogen (secondary N) is 1. The third kappa shape index (κ3) is 5.57. The fourth-order valence-corrected chi connectivity index (χ4v) is 0.948. The first-order chi connectivity index (χ1) is 6.61. The van der Waals surface area contributed by atoms with Gasteiger partial charge in [0.25, 0.3) is 0 Å². The van der Waals surface area contributed by atoms with Gasteiger partial charge in [-0.3, -0.25) is 4.79 Å². The Labute approximate surface area is 84.9 Å². The number of carbonyl (C=O) groups is 1. The Morgan fingerprint density at radius 1 is 1.71 bits per heavy atom. The number of carbonyl (C=O) groups excluding carboxylic acids is 1. The smallest absolute Gasteiger partial charge is 0.237 e. The zero-order valence-corrected chi connectivity index (χ0v) is 8.49. The molecule has 0 aromatic rings. The summed E-state index contributed by atoms with van der Waals surface area (Å²) in [5.74, 6) is 2.36. The Balaban J connectivity index is 3.68. The molecule has 0 bridgehead atoms. The van der Waals surface area contributed by atoms with Crippen molar-refractivity contribution in [1.82, 2.24) is 5.32 Å². The minimum absolute atomic E-state index is 0.132. The summed E-state index contributed by atoms with van der Waals surface area (Å²) < 4.78 is 0. The second-order valence-corrected chi connectivity index (χ2v) is 3.38. The molecule has 0 saturated heterocycles. The fraction of sp³-hybridized carbons (Fsp3) is 0.700. The van der Waals surface area contributed by atoms with Crippen molar-refractivity contribution in [3.8, 4) is 12.3 Å². The van der Waals surface area contributed by atoms with Gasteiger partial charge in [-0.1, -0.05) is 6.92 Å². The van der Waals surface area contributed by atoms with Crippen LogP contribution in [0.1, 0.15) is 19.8 Å². The summed E-state index contributed by atoms with van der Waals surface area (Å²) in [7, 11) is 0. The van der Waals surface area contributed by atoms with E-state index in [1.807, 2.05) is 6.92 Å². The minimum atomic E-state index is -0.624. The second-order valence-electron chi connectivity index (χ2n) is 3.38. The Morgan fingerprint density at radius 3 is 2.86 bits per heavy atom. The SMILES string of the molecule is C#CCC(N)C(=O)NCC(C)CCO. The molecule has 0 aromatic carbocycles. The molecule has 0 aliphatic carbocycles. The average molecular weight is 198 g/mol. The van der Waals surface area contributed by atoms with Crippen molar-refractivity contribution in [2.75, 3.05) is 13.2 Å². The zero-order chi connectivity index (χ0) is 11.0. The highest BCUT2D eigenvalue weighted by molar-refractivity contribution is 5.81. The summed E-state index contributed by atoms with van der Waals surface area (Å²) in [4.78, 5) is 11.2. The summed E-state index contributed by atoms with van der Waals surface area (Å²) in [6.45, 7) is 2.61. The predicted molar refractivity (Wildman–Crippen MR) is 55.3 cm³/mol. The molecule has 0 heterocycles. The van der Waals surface area contributed by atoms with E-state index in [2.05, 4.69) is 11.2 Å². The van der Waals surface area contributed by atoms with Crippen LogP contribution in [-0.2, 0) is 4.79 Å². The monoisotopic (exact) mass is 198 g/mol. The van der Waals surface area contributed by atoms with Gasteiger partial charge in [-0.25, -0.2) is 0 Å². The van der Waals surface area contributed by atoms with Crippen LogP contribution in [0.2, 0.25) is 0 Å². The maximum atomic E-state index is 11.2. The molecule has 0 saturated carbocycles. The van der Waals surface area contributed by atoms with Gasteiger partial charge in [0.15, 0.2) is 0 Å². The molecule has 0 aliphatic heterocycles. The van der Waals surface area contributed by atoms with Crippen molar-refractivity contribution >= 4 is 5.91 Å². The van der Waals surface area contributed by atoms with E-state index in [9.17, 15) is 4.79 Å². The first-order valence-corrected chi connectivity index (χ1v) is 4.69. The lowest BCUT2D eigenvalue weighted by atomic mass is 10.1. The van der Waals surface area contributed by atoms with Crippen LogP contribution in [0.25, 0.3) is 0 Å². The van der Waals surface area contributed by atoms with Gasteiger partial charge < -0.3 is 16.2 Å². The number of rotatable bonds is 6. The summed E-state index contributed by atoms with van der Waals surface area (Å²) in [5.41, 5.74) is 5.48. The molecule has 2 atom stereocenters. The van der Waals surface area contributed by atoms with Gasteiger partial charge in [0, 0.05) is 19.6 Å². The first-order valence-electron chi connectivity index (χ1n) is 4.69. The highest BCUT2D eigenvalue weighted by atomic mass is 16.3. The number of nitrogens with two attached hydrogens (primary N) is 1. The maximum absolute atomic E-state index is 11.2. The number of terminal acetylenes is 1. The van der Waals surface area contributed by atoms with Crippen LogP contribution < -0.4 is 11.1 Å². The lowest BCUT2D eigenvalue weighted by Crippen LogP contribution is -2.41. The van der Waals surface area contributed by atoms with Crippen molar-refractivity contribution in [2.24, 2.45) is 11.7 Å². The van der Waals surface area contributed by atoms with Gasteiger partial charge >= 0.3 is 0 Å². The molecule has 0 rings (SSSR count). The highest BCUT2D eigenvalue weighted by Crippen LogP contribution is 1.98. The first kappa shape index (κ1) is 12.9. The molecule has 4 heteroatoms. The van der Waals surface area contributed by atoms with Gasteiger partial charge in [-0.05, 0) is 12.3 Å². The molecular weight excluding hydrogens is 180 g/mol. The Kier molecular flexibility index (Phi) is 6.81. The van der Waals surface area contributed by atoms with E-state index in [0.29, 0.717) is 13.0 Å². The molecule has 0 aliphatic rings. The van der Waals surface area contributed by atoms with Crippen molar-refractivity contribution < 1.29 is 9.90 Å². The highest BCUT2D eigenvalue weighted by Gasteiger charge is 2.12. The van der Waals surface area contributed by atoms with E-state index in [1.165, 1.54) is 0 Å². The predicted octanol–water partition coefficient (Wildman–Crippen LogP) is -0.528. The maximum Gasteiger partial charge on any atom is 0.237 e. The van der Waals surface area contributed by atoms with Crippen molar-refractivity contribution in [3.05, 3.63) is 0 Å². The summed E-state index contributed by atoms with van der Waals surface area (Å²) in [6, 6.07) is -0.624. The third-order valence-electron chi connectivity index (χ3n) is 1.92. The molecule has 14 heavy (non-hydrogen) atoms. The van der Waals surface area contributed by atoms with Gasteiger partial charge in [0.05, 0.1) is 6.04 Å². The third-order valence-corrected chi connectivity index (χ3v) is 1.92. The van der Waals surface area contributed by atoms with E-state index in [4.69, 9.17) is 17.3 Å². The lowest BCUT2D eigenvalue weighted by Gasteiger charge is -2.13. The summed E-state index contributed by atoms with van der Waals surface area (Å²) >= 11 is 0. The van der Waals surface area contributed by atoms with Gasteiger partial charge in [-0.2, -0.15) is 0 Å². The van der Waals surface area contributed by atoms with E-state index < -0.39 is 6.04 Å². The summed E-state index contributed by atoms with van der Waals surface area (Å²) in [6.07, 6.45) is 5.95. The van der Waals surface area contributed by atoms with Crippen LogP contribution in [0.4, 0.5) is 0 Å². The molecule has 4 nitrogen and oxygen atoms in total. The molecule has 4 N–H and O–H groups in total. The molecule has 1 amide bonds. The number of hydrogen-bond acceptors (Lipinski definition) is 3. The molecule has 80 valence electrons. The summed E-state index contributed by atoms with van der Waals surface area (Å²) in [5, 5.41) is 11.3. The molecule has 0 radical (unpaired) electrons. The van der Waals surface area contributed by atoms with Gasteiger partial charge in [0.1, 0.15) is 0 Å². The van der Waals surface area contributed by atoms with Crippen molar-refractivity contribution in [1.29, 1.82) is 0 Å².